The molecule has 0 saturated carbocycles. The smallest absolute Gasteiger partial charge is 0.0782 e. The van der Waals surface area contributed by atoms with Gasteiger partial charge in [-0.25, -0.2) is 0 Å². The highest BCUT2D eigenvalue weighted by Crippen LogP contribution is 2.52. The second-order valence-corrected chi connectivity index (χ2v) is 15.7. The number of hydrogen-bond acceptors (Lipinski definition) is 1. The molecule has 0 unspecified atom stereocenters. The fourth-order valence-corrected chi connectivity index (χ4v) is 9.47. The third kappa shape index (κ3) is 5.18. The maximum atomic E-state index is 2.52. The van der Waals surface area contributed by atoms with E-state index in [1.54, 1.807) is 0 Å². The van der Waals surface area contributed by atoms with Gasteiger partial charge < -0.3 is 9.47 Å². The maximum Gasteiger partial charge on any atom is 0.0782 e. The highest BCUT2D eigenvalue weighted by atomic mass is 15.2. The van der Waals surface area contributed by atoms with Gasteiger partial charge >= 0.3 is 0 Å². The minimum atomic E-state index is -0.140. The molecule has 0 aliphatic heterocycles. The van der Waals surface area contributed by atoms with Crippen LogP contribution in [0.25, 0.3) is 71.6 Å². The number of para-hydroxylation sites is 2. The minimum absolute atomic E-state index is 0.140. The fourth-order valence-electron chi connectivity index (χ4n) is 9.47. The third-order valence-electron chi connectivity index (χ3n) is 12.2. The van der Waals surface area contributed by atoms with Crippen LogP contribution in [-0.2, 0) is 5.41 Å². The van der Waals surface area contributed by atoms with Gasteiger partial charge in [-0.3, -0.25) is 0 Å². The molecule has 0 bridgehead atoms. The minimum Gasteiger partial charge on any atom is -0.308 e. The first-order valence-electron chi connectivity index (χ1n) is 19.9. The third-order valence-corrected chi connectivity index (χ3v) is 12.2. The lowest BCUT2D eigenvalue weighted by Gasteiger charge is -2.29. The average molecular weight is 729 g/mol. The van der Waals surface area contributed by atoms with Crippen molar-refractivity contribution in [1.82, 2.24) is 4.57 Å². The number of benzene rings is 9. The highest BCUT2D eigenvalue weighted by Gasteiger charge is 2.36. The molecule has 1 aromatic heterocycles. The molecule has 0 radical (unpaired) electrons. The molecule has 2 heteroatoms. The van der Waals surface area contributed by atoms with E-state index in [2.05, 4.69) is 230 Å². The molecule has 57 heavy (non-hydrogen) atoms. The molecule has 1 aliphatic rings. The summed E-state index contributed by atoms with van der Waals surface area (Å²) in [5, 5.41) is 4.93. The largest absolute Gasteiger partial charge is 0.308 e. The normalized spacial score (nSPS) is 12.9. The lowest BCUT2D eigenvalue weighted by atomic mass is 9.82. The SMILES string of the molecule is CC1(C)c2ccccc2-c2ccc(N(c3ccc(-c4ccccc4)cc3)c3cccc4c5c(-c6ccccc6)cc6ccccc6c5n(-c5ccccc5)c34)cc21. The van der Waals surface area contributed by atoms with Gasteiger partial charge in [0.2, 0.25) is 0 Å². The van der Waals surface area contributed by atoms with E-state index in [4.69, 9.17) is 0 Å². The van der Waals surface area contributed by atoms with Crippen LogP contribution in [-0.4, -0.2) is 4.57 Å². The second-order valence-electron chi connectivity index (χ2n) is 15.7. The molecule has 0 amide bonds. The van der Waals surface area contributed by atoms with Gasteiger partial charge in [-0.05, 0) is 98.4 Å². The summed E-state index contributed by atoms with van der Waals surface area (Å²) < 4.78 is 2.52. The van der Waals surface area contributed by atoms with Gasteiger partial charge in [-0.15, -0.1) is 0 Å². The lowest BCUT2D eigenvalue weighted by molar-refractivity contribution is 0.660. The molecule has 1 heterocycles. The summed E-state index contributed by atoms with van der Waals surface area (Å²) in [5.41, 5.74) is 16.9. The number of nitrogens with zero attached hydrogens (tertiary/aromatic N) is 2. The molecule has 0 N–H and O–H groups in total. The molecule has 11 rings (SSSR count). The van der Waals surface area contributed by atoms with Crippen molar-refractivity contribution in [3.8, 4) is 39.1 Å². The molecule has 0 saturated heterocycles. The van der Waals surface area contributed by atoms with Crippen molar-refractivity contribution in [3.05, 3.63) is 217 Å². The van der Waals surface area contributed by atoms with Crippen LogP contribution in [0.15, 0.2) is 206 Å². The molecule has 0 spiro atoms. The summed E-state index contributed by atoms with van der Waals surface area (Å²) in [4.78, 5) is 2.49. The van der Waals surface area contributed by atoms with Crippen molar-refractivity contribution >= 4 is 49.6 Å². The van der Waals surface area contributed by atoms with Crippen molar-refractivity contribution in [1.29, 1.82) is 0 Å². The summed E-state index contributed by atoms with van der Waals surface area (Å²) in [7, 11) is 0. The zero-order chi connectivity index (χ0) is 38.1. The first kappa shape index (κ1) is 33.2. The lowest BCUT2D eigenvalue weighted by Crippen LogP contribution is -2.17. The van der Waals surface area contributed by atoms with Gasteiger partial charge in [0, 0.05) is 38.6 Å². The Morgan fingerprint density at radius 3 is 1.77 bits per heavy atom. The number of fused-ring (bicyclic) bond motifs is 8. The molecule has 10 aromatic rings. The number of rotatable bonds is 6. The van der Waals surface area contributed by atoms with Gasteiger partial charge in [0.25, 0.3) is 0 Å². The van der Waals surface area contributed by atoms with E-state index in [0.29, 0.717) is 0 Å². The first-order chi connectivity index (χ1) is 28.1. The first-order valence-corrected chi connectivity index (χ1v) is 19.9. The van der Waals surface area contributed by atoms with Crippen LogP contribution < -0.4 is 4.90 Å². The molecule has 0 atom stereocenters. The van der Waals surface area contributed by atoms with E-state index >= 15 is 0 Å². The van der Waals surface area contributed by atoms with Crippen molar-refractivity contribution in [2.75, 3.05) is 4.90 Å². The van der Waals surface area contributed by atoms with Crippen molar-refractivity contribution in [2.24, 2.45) is 0 Å². The predicted octanol–water partition coefficient (Wildman–Crippen LogP) is 15.0. The Hall–Kier alpha value is -7.16. The second kappa shape index (κ2) is 13.0. The molecule has 0 fully saturated rings. The van der Waals surface area contributed by atoms with Crippen LogP contribution in [0.2, 0.25) is 0 Å². The Morgan fingerprint density at radius 2 is 1.00 bits per heavy atom. The van der Waals surface area contributed by atoms with Crippen LogP contribution in [0.1, 0.15) is 25.0 Å². The van der Waals surface area contributed by atoms with E-state index in [1.165, 1.54) is 77.1 Å². The number of aromatic nitrogens is 1. The van der Waals surface area contributed by atoms with E-state index in [9.17, 15) is 0 Å². The van der Waals surface area contributed by atoms with Crippen LogP contribution in [0.4, 0.5) is 17.1 Å². The highest BCUT2D eigenvalue weighted by molar-refractivity contribution is 6.26. The van der Waals surface area contributed by atoms with Gasteiger partial charge in [-0.2, -0.15) is 0 Å². The average Bonchev–Trinajstić information content (AvgIpc) is 3.74. The number of hydrogen-bond donors (Lipinski definition) is 0. The van der Waals surface area contributed by atoms with E-state index in [0.717, 1.165) is 22.7 Å². The van der Waals surface area contributed by atoms with Crippen LogP contribution in [0.3, 0.4) is 0 Å². The molecular weight excluding hydrogens is 689 g/mol. The van der Waals surface area contributed by atoms with E-state index < -0.39 is 0 Å². The molecule has 270 valence electrons. The van der Waals surface area contributed by atoms with Gasteiger partial charge in [0.1, 0.15) is 0 Å². The van der Waals surface area contributed by atoms with Gasteiger partial charge in [-0.1, -0.05) is 172 Å². The van der Waals surface area contributed by atoms with E-state index in [-0.39, 0.29) is 5.41 Å². The Balaban J connectivity index is 1.25. The molecule has 9 aromatic carbocycles. The van der Waals surface area contributed by atoms with Gasteiger partial charge in [0.15, 0.2) is 0 Å². The summed E-state index contributed by atoms with van der Waals surface area (Å²) in [6, 6.07) is 75.6. The van der Waals surface area contributed by atoms with Gasteiger partial charge in [0.05, 0.1) is 16.7 Å². The van der Waals surface area contributed by atoms with Crippen molar-refractivity contribution in [2.45, 2.75) is 19.3 Å². The standard InChI is InChI=1S/C55H40N2/c1-55(2)49-27-15-14-25-45(49)46-34-33-43(36-50(46)55)56(42-31-29-38(30-32-42)37-17-6-3-7-18-37)51-28-16-26-47-52-48(39-19-8-4-9-20-39)35-40-21-12-13-24-44(40)54(52)57(53(47)51)41-22-10-5-11-23-41/h3-36H,1-2H3. The Morgan fingerprint density at radius 1 is 0.404 bits per heavy atom. The Bertz CT molecular complexity index is 3120. The zero-order valence-corrected chi connectivity index (χ0v) is 32.0. The summed E-state index contributed by atoms with van der Waals surface area (Å²) in [6.45, 7) is 4.73. The van der Waals surface area contributed by atoms with Crippen molar-refractivity contribution < 1.29 is 0 Å². The summed E-state index contributed by atoms with van der Waals surface area (Å²) in [6.07, 6.45) is 0. The fraction of sp³-hybridized carbons (Fsp3) is 0.0545. The summed E-state index contributed by atoms with van der Waals surface area (Å²) >= 11 is 0. The molecular formula is C55H40N2. The monoisotopic (exact) mass is 728 g/mol. The molecule has 2 nitrogen and oxygen atoms in total. The zero-order valence-electron chi connectivity index (χ0n) is 32.0. The number of anilines is 3. The Kier molecular flexibility index (Phi) is 7.55. The quantitative estimate of drug-likeness (QED) is 0.165. The van der Waals surface area contributed by atoms with Crippen LogP contribution in [0, 0.1) is 0 Å². The predicted molar refractivity (Wildman–Crippen MR) is 241 cm³/mol. The summed E-state index contributed by atoms with van der Waals surface area (Å²) in [5.74, 6) is 0. The van der Waals surface area contributed by atoms with E-state index in [1.807, 2.05) is 0 Å². The Labute approximate surface area is 333 Å². The van der Waals surface area contributed by atoms with Crippen LogP contribution in [0.5, 0.6) is 0 Å². The maximum absolute atomic E-state index is 2.52. The van der Waals surface area contributed by atoms with Crippen molar-refractivity contribution in [3.63, 3.8) is 0 Å². The topological polar surface area (TPSA) is 8.17 Å². The van der Waals surface area contributed by atoms with Crippen LogP contribution >= 0.6 is 0 Å². The molecule has 1 aliphatic carbocycles.